The maximum atomic E-state index is 13.0. The van der Waals surface area contributed by atoms with Crippen molar-refractivity contribution in [3.8, 4) is 0 Å². The molecular weight excluding hydrogens is 336 g/mol. The summed E-state index contributed by atoms with van der Waals surface area (Å²) in [6, 6.07) is 13.4. The molecule has 0 aliphatic carbocycles. The zero-order valence-electron chi connectivity index (χ0n) is 15.6. The molecule has 27 heavy (non-hydrogen) atoms. The van der Waals surface area contributed by atoms with E-state index in [1.54, 1.807) is 24.8 Å². The van der Waals surface area contributed by atoms with Gasteiger partial charge in [-0.1, -0.05) is 35.9 Å². The molecule has 0 saturated heterocycles. The number of aryl methyl sites for hydroxylation is 2. The van der Waals surface area contributed by atoms with Crippen LogP contribution in [0.3, 0.4) is 0 Å². The summed E-state index contributed by atoms with van der Waals surface area (Å²) in [5, 5.41) is 6.40. The highest BCUT2D eigenvalue weighted by molar-refractivity contribution is 5.83. The van der Waals surface area contributed by atoms with Crippen LogP contribution in [0, 0.1) is 13.8 Å². The summed E-state index contributed by atoms with van der Waals surface area (Å²) in [6.07, 6.45) is 7.03. The predicted octanol–water partition coefficient (Wildman–Crippen LogP) is 3.24. The first-order valence-electron chi connectivity index (χ1n) is 8.99. The second-order valence-electron chi connectivity index (χ2n) is 6.61. The molecule has 1 atom stereocenters. The smallest absolute Gasteiger partial charge is 0.242 e. The van der Waals surface area contributed by atoms with Crippen LogP contribution in [-0.2, 0) is 17.9 Å². The maximum absolute atomic E-state index is 13.0. The molecule has 0 fully saturated rings. The van der Waals surface area contributed by atoms with Gasteiger partial charge in [0.05, 0.1) is 0 Å². The van der Waals surface area contributed by atoms with Crippen LogP contribution in [0.5, 0.6) is 0 Å². The van der Waals surface area contributed by atoms with E-state index in [-0.39, 0.29) is 5.91 Å². The standard InChI is InChI=1S/C22H24N4O/c1-16-7-8-20(17(2)11-16)21(25-14-18-5-3-9-23-12-18)22(27)26-15-19-6-4-10-24-13-19/h3-13,21,25H,14-15H2,1-2H3,(H,26,27). The maximum Gasteiger partial charge on any atom is 0.242 e. The van der Waals surface area contributed by atoms with Gasteiger partial charge in [-0.25, -0.2) is 0 Å². The molecule has 3 rings (SSSR count). The van der Waals surface area contributed by atoms with Crippen LogP contribution in [0.4, 0.5) is 0 Å². The number of carbonyl (C=O) groups excluding carboxylic acids is 1. The summed E-state index contributed by atoms with van der Waals surface area (Å²) in [5.41, 5.74) is 5.26. The fourth-order valence-corrected chi connectivity index (χ4v) is 3.01. The lowest BCUT2D eigenvalue weighted by molar-refractivity contribution is -0.123. The van der Waals surface area contributed by atoms with E-state index in [0.29, 0.717) is 13.1 Å². The van der Waals surface area contributed by atoms with Crippen LogP contribution in [0.25, 0.3) is 0 Å². The fraction of sp³-hybridized carbons (Fsp3) is 0.227. The highest BCUT2D eigenvalue weighted by atomic mass is 16.2. The highest BCUT2D eigenvalue weighted by Gasteiger charge is 2.21. The van der Waals surface area contributed by atoms with Crippen molar-refractivity contribution in [2.75, 3.05) is 0 Å². The van der Waals surface area contributed by atoms with Crippen LogP contribution in [-0.4, -0.2) is 15.9 Å². The van der Waals surface area contributed by atoms with Gasteiger partial charge in [-0.2, -0.15) is 0 Å². The van der Waals surface area contributed by atoms with E-state index in [9.17, 15) is 4.79 Å². The van der Waals surface area contributed by atoms with Crippen LogP contribution in [0.15, 0.2) is 67.3 Å². The van der Waals surface area contributed by atoms with Crippen molar-refractivity contribution in [2.45, 2.75) is 33.0 Å². The number of nitrogens with one attached hydrogen (secondary N) is 2. The molecular formula is C22H24N4O. The normalized spacial score (nSPS) is 11.8. The molecule has 0 radical (unpaired) electrons. The second kappa shape index (κ2) is 9.05. The summed E-state index contributed by atoms with van der Waals surface area (Å²) in [5.74, 6) is -0.0605. The minimum absolute atomic E-state index is 0.0605. The lowest BCUT2D eigenvalue weighted by atomic mass is 9.98. The predicted molar refractivity (Wildman–Crippen MR) is 106 cm³/mol. The quantitative estimate of drug-likeness (QED) is 0.679. The molecule has 0 saturated carbocycles. The number of carbonyl (C=O) groups is 1. The van der Waals surface area contributed by atoms with Crippen molar-refractivity contribution < 1.29 is 4.79 Å². The highest BCUT2D eigenvalue weighted by Crippen LogP contribution is 2.20. The van der Waals surface area contributed by atoms with Crippen LogP contribution < -0.4 is 10.6 Å². The van der Waals surface area contributed by atoms with Gasteiger partial charge in [0, 0.05) is 37.9 Å². The van der Waals surface area contributed by atoms with Crippen LogP contribution in [0.1, 0.15) is 33.9 Å². The fourth-order valence-electron chi connectivity index (χ4n) is 3.01. The molecule has 138 valence electrons. The van der Waals surface area contributed by atoms with Gasteiger partial charge in [0.2, 0.25) is 5.91 Å². The molecule has 2 aromatic heterocycles. The number of pyridine rings is 2. The molecule has 0 aliphatic rings. The lowest BCUT2D eigenvalue weighted by Gasteiger charge is -2.21. The first-order valence-corrected chi connectivity index (χ1v) is 8.99. The van der Waals surface area contributed by atoms with Crippen molar-refractivity contribution in [2.24, 2.45) is 0 Å². The van der Waals surface area contributed by atoms with Crippen molar-refractivity contribution in [1.82, 2.24) is 20.6 Å². The molecule has 0 spiro atoms. The van der Waals surface area contributed by atoms with E-state index in [2.05, 4.69) is 33.6 Å². The first kappa shape index (κ1) is 18.7. The zero-order chi connectivity index (χ0) is 19.1. The first-order chi connectivity index (χ1) is 13.1. The van der Waals surface area contributed by atoms with E-state index in [0.717, 1.165) is 22.3 Å². The van der Waals surface area contributed by atoms with E-state index < -0.39 is 6.04 Å². The SMILES string of the molecule is Cc1ccc(C(NCc2cccnc2)C(=O)NCc2cccnc2)c(C)c1. The number of nitrogens with zero attached hydrogens (tertiary/aromatic N) is 2. The van der Waals surface area contributed by atoms with Crippen molar-refractivity contribution in [3.63, 3.8) is 0 Å². The van der Waals surface area contributed by atoms with Gasteiger partial charge in [-0.15, -0.1) is 0 Å². The van der Waals surface area contributed by atoms with Crippen molar-refractivity contribution in [3.05, 3.63) is 95.1 Å². The van der Waals surface area contributed by atoms with Gasteiger partial charge >= 0.3 is 0 Å². The van der Waals surface area contributed by atoms with Gasteiger partial charge in [-0.3, -0.25) is 20.1 Å². The summed E-state index contributed by atoms with van der Waals surface area (Å²) < 4.78 is 0. The van der Waals surface area contributed by atoms with Gasteiger partial charge in [0.1, 0.15) is 6.04 Å². The molecule has 3 aromatic rings. The molecule has 0 bridgehead atoms. The Morgan fingerprint density at radius 2 is 1.63 bits per heavy atom. The zero-order valence-corrected chi connectivity index (χ0v) is 15.6. The molecule has 0 aliphatic heterocycles. The molecule has 1 aromatic carbocycles. The third kappa shape index (κ3) is 5.21. The van der Waals surface area contributed by atoms with Gasteiger partial charge in [0.15, 0.2) is 0 Å². The number of hydrogen-bond acceptors (Lipinski definition) is 4. The Bertz CT molecular complexity index is 881. The Balaban J connectivity index is 1.76. The molecule has 2 N–H and O–H groups in total. The Kier molecular flexibility index (Phi) is 6.28. The minimum Gasteiger partial charge on any atom is -0.350 e. The van der Waals surface area contributed by atoms with Crippen LogP contribution >= 0.6 is 0 Å². The Morgan fingerprint density at radius 3 is 2.22 bits per heavy atom. The van der Waals surface area contributed by atoms with Crippen molar-refractivity contribution >= 4 is 5.91 Å². The second-order valence-corrected chi connectivity index (χ2v) is 6.61. The largest absolute Gasteiger partial charge is 0.350 e. The third-order valence-electron chi connectivity index (χ3n) is 4.42. The Hall–Kier alpha value is -3.05. The van der Waals surface area contributed by atoms with E-state index in [1.807, 2.05) is 43.3 Å². The molecule has 2 heterocycles. The average molecular weight is 360 g/mol. The van der Waals surface area contributed by atoms with Gasteiger partial charge in [-0.05, 0) is 48.2 Å². The lowest BCUT2D eigenvalue weighted by Crippen LogP contribution is -2.37. The number of aromatic nitrogens is 2. The summed E-state index contributed by atoms with van der Waals surface area (Å²) in [4.78, 5) is 21.2. The van der Waals surface area contributed by atoms with Gasteiger partial charge < -0.3 is 5.32 Å². The number of rotatable bonds is 7. The summed E-state index contributed by atoms with van der Waals surface area (Å²) in [7, 11) is 0. The van der Waals surface area contributed by atoms with E-state index in [4.69, 9.17) is 0 Å². The number of hydrogen-bond donors (Lipinski definition) is 2. The minimum atomic E-state index is -0.442. The Morgan fingerprint density at radius 1 is 0.963 bits per heavy atom. The molecule has 5 nitrogen and oxygen atoms in total. The number of amides is 1. The third-order valence-corrected chi connectivity index (χ3v) is 4.42. The summed E-state index contributed by atoms with van der Waals surface area (Å²) >= 11 is 0. The molecule has 1 amide bonds. The van der Waals surface area contributed by atoms with Crippen molar-refractivity contribution in [1.29, 1.82) is 0 Å². The number of benzene rings is 1. The van der Waals surface area contributed by atoms with Crippen LogP contribution in [0.2, 0.25) is 0 Å². The Labute approximate surface area is 159 Å². The summed E-state index contributed by atoms with van der Waals surface area (Å²) in [6.45, 7) is 5.10. The van der Waals surface area contributed by atoms with Gasteiger partial charge in [0.25, 0.3) is 0 Å². The average Bonchev–Trinajstić information content (AvgIpc) is 2.69. The van der Waals surface area contributed by atoms with E-state index >= 15 is 0 Å². The molecule has 5 heteroatoms. The monoisotopic (exact) mass is 360 g/mol. The topological polar surface area (TPSA) is 66.9 Å². The molecule has 1 unspecified atom stereocenters. The van der Waals surface area contributed by atoms with E-state index in [1.165, 1.54) is 5.56 Å².